The molecule has 1 aromatic heterocycles. The van der Waals surface area contributed by atoms with E-state index in [0.29, 0.717) is 37.6 Å². The van der Waals surface area contributed by atoms with Gasteiger partial charge in [-0.3, -0.25) is 9.59 Å². The van der Waals surface area contributed by atoms with Crippen LogP contribution in [0.2, 0.25) is 0 Å². The molecular weight excluding hydrogens is 406 g/mol. The second-order valence-electron chi connectivity index (χ2n) is 8.12. The highest BCUT2D eigenvalue weighted by atomic mass is 16.5. The van der Waals surface area contributed by atoms with Gasteiger partial charge >= 0.3 is 0 Å². The summed E-state index contributed by atoms with van der Waals surface area (Å²) in [5.41, 5.74) is 2.95. The van der Waals surface area contributed by atoms with E-state index in [9.17, 15) is 9.59 Å². The van der Waals surface area contributed by atoms with Crippen LogP contribution in [0.4, 0.5) is 0 Å². The van der Waals surface area contributed by atoms with Gasteiger partial charge in [0.15, 0.2) is 11.5 Å². The molecule has 1 fully saturated rings. The number of benzene rings is 2. The van der Waals surface area contributed by atoms with Crippen LogP contribution in [0.25, 0.3) is 10.9 Å². The minimum absolute atomic E-state index is 0.0237. The van der Waals surface area contributed by atoms with Gasteiger partial charge in [-0.2, -0.15) is 0 Å². The smallest absolute Gasteiger partial charge is 0.227 e. The minimum Gasteiger partial charge on any atom is -0.493 e. The number of H-pyrrole nitrogens is 1. The molecule has 7 heteroatoms. The average Bonchev–Trinajstić information content (AvgIpc) is 3.25. The lowest BCUT2D eigenvalue weighted by Gasteiger charge is -2.32. The number of nitrogens with one attached hydrogen (secondary N) is 2. The zero-order chi connectivity index (χ0) is 22.5. The molecule has 0 aliphatic carbocycles. The van der Waals surface area contributed by atoms with E-state index in [1.54, 1.807) is 14.2 Å². The van der Waals surface area contributed by atoms with Gasteiger partial charge in [-0.05, 0) is 42.2 Å². The number of nitrogens with zero attached hydrogens (tertiary/aromatic N) is 1. The Morgan fingerprint density at radius 1 is 1.12 bits per heavy atom. The monoisotopic (exact) mass is 435 g/mol. The number of carbonyl (C=O) groups excluding carboxylic acids is 2. The first-order valence-electron chi connectivity index (χ1n) is 10.9. The molecule has 3 aromatic rings. The number of likely N-dealkylation sites (tertiary alicyclic amines) is 1. The SMILES string of the molecule is COc1ccc(CNC(=O)C2CCCN(C(=O)Cc3c[nH]c4ccccc34)C2)cc1OC. The van der Waals surface area contributed by atoms with Crippen LogP contribution in [-0.4, -0.2) is 49.0 Å². The van der Waals surface area contributed by atoms with Gasteiger partial charge in [0.2, 0.25) is 11.8 Å². The van der Waals surface area contributed by atoms with E-state index in [1.807, 2.05) is 53.6 Å². The Bertz CT molecular complexity index is 1110. The first-order chi connectivity index (χ1) is 15.6. The van der Waals surface area contributed by atoms with Gasteiger partial charge in [0, 0.05) is 36.7 Å². The maximum atomic E-state index is 12.9. The highest BCUT2D eigenvalue weighted by Crippen LogP contribution is 2.27. The van der Waals surface area contributed by atoms with Crippen molar-refractivity contribution in [2.24, 2.45) is 5.92 Å². The summed E-state index contributed by atoms with van der Waals surface area (Å²) < 4.78 is 10.6. The van der Waals surface area contributed by atoms with Gasteiger partial charge in [0.25, 0.3) is 0 Å². The number of hydrogen-bond donors (Lipinski definition) is 2. The van der Waals surface area contributed by atoms with Crippen LogP contribution >= 0.6 is 0 Å². The minimum atomic E-state index is -0.198. The Balaban J connectivity index is 1.34. The van der Waals surface area contributed by atoms with Crippen molar-refractivity contribution in [1.29, 1.82) is 0 Å². The topological polar surface area (TPSA) is 83.7 Å². The Kier molecular flexibility index (Phi) is 6.63. The number of methoxy groups -OCH3 is 2. The van der Waals surface area contributed by atoms with Crippen molar-refractivity contribution < 1.29 is 19.1 Å². The summed E-state index contributed by atoms with van der Waals surface area (Å²) in [7, 11) is 3.18. The van der Waals surface area contributed by atoms with Gasteiger partial charge in [-0.25, -0.2) is 0 Å². The molecule has 7 nitrogen and oxygen atoms in total. The molecule has 0 bridgehead atoms. The molecule has 2 amide bonds. The normalized spacial score (nSPS) is 16.1. The van der Waals surface area contributed by atoms with E-state index in [4.69, 9.17) is 9.47 Å². The quantitative estimate of drug-likeness (QED) is 0.597. The molecule has 0 spiro atoms. The zero-order valence-electron chi connectivity index (χ0n) is 18.5. The third kappa shape index (κ3) is 4.72. The van der Waals surface area contributed by atoms with Crippen LogP contribution < -0.4 is 14.8 Å². The Morgan fingerprint density at radius 2 is 1.94 bits per heavy atom. The Hall–Kier alpha value is -3.48. The summed E-state index contributed by atoms with van der Waals surface area (Å²) in [6, 6.07) is 13.6. The predicted octanol–water partition coefficient (Wildman–Crippen LogP) is 3.28. The molecule has 4 rings (SSSR count). The van der Waals surface area contributed by atoms with Crippen molar-refractivity contribution >= 4 is 22.7 Å². The van der Waals surface area contributed by atoms with E-state index in [-0.39, 0.29) is 17.7 Å². The van der Waals surface area contributed by atoms with E-state index in [0.717, 1.165) is 34.9 Å². The predicted molar refractivity (Wildman–Crippen MR) is 123 cm³/mol. The number of rotatable bonds is 7. The average molecular weight is 436 g/mol. The Labute approximate surface area is 187 Å². The molecule has 168 valence electrons. The molecule has 1 atom stereocenters. The Morgan fingerprint density at radius 3 is 2.75 bits per heavy atom. The van der Waals surface area contributed by atoms with E-state index >= 15 is 0 Å². The lowest BCUT2D eigenvalue weighted by Crippen LogP contribution is -2.45. The van der Waals surface area contributed by atoms with Crippen molar-refractivity contribution in [2.75, 3.05) is 27.3 Å². The van der Waals surface area contributed by atoms with Gasteiger partial charge in [0.1, 0.15) is 0 Å². The van der Waals surface area contributed by atoms with Crippen molar-refractivity contribution in [3.05, 3.63) is 59.8 Å². The zero-order valence-corrected chi connectivity index (χ0v) is 18.5. The van der Waals surface area contributed by atoms with Crippen LogP contribution in [0.5, 0.6) is 11.5 Å². The van der Waals surface area contributed by atoms with Crippen LogP contribution in [-0.2, 0) is 22.6 Å². The van der Waals surface area contributed by atoms with Crippen LogP contribution in [0.3, 0.4) is 0 Å². The van der Waals surface area contributed by atoms with Gasteiger partial charge in [0.05, 0.1) is 26.6 Å². The van der Waals surface area contributed by atoms with Crippen LogP contribution in [0, 0.1) is 5.92 Å². The maximum absolute atomic E-state index is 12.9. The second-order valence-corrected chi connectivity index (χ2v) is 8.12. The van der Waals surface area contributed by atoms with E-state index in [1.165, 1.54) is 0 Å². The molecule has 1 aliphatic heterocycles. The number of aromatic nitrogens is 1. The number of hydrogen-bond acceptors (Lipinski definition) is 4. The molecule has 32 heavy (non-hydrogen) atoms. The number of piperidine rings is 1. The number of aromatic amines is 1. The first kappa shape index (κ1) is 21.7. The molecule has 0 radical (unpaired) electrons. The van der Waals surface area contributed by atoms with Gasteiger partial charge in [-0.1, -0.05) is 24.3 Å². The number of ether oxygens (including phenoxy) is 2. The van der Waals surface area contributed by atoms with E-state index < -0.39 is 0 Å². The maximum Gasteiger partial charge on any atom is 0.227 e. The van der Waals surface area contributed by atoms with Crippen molar-refractivity contribution in [2.45, 2.75) is 25.8 Å². The number of amides is 2. The summed E-state index contributed by atoms with van der Waals surface area (Å²) in [6.07, 6.45) is 3.85. The molecule has 2 aromatic carbocycles. The highest BCUT2D eigenvalue weighted by molar-refractivity contribution is 5.89. The lowest BCUT2D eigenvalue weighted by atomic mass is 9.96. The fraction of sp³-hybridized carbons (Fsp3) is 0.360. The largest absolute Gasteiger partial charge is 0.493 e. The van der Waals surface area contributed by atoms with Crippen molar-refractivity contribution in [3.63, 3.8) is 0 Å². The third-order valence-electron chi connectivity index (χ3n) is 6.08. The number of fused-ring (bicyclic) bond motifs is 1. The molecule has 0 saturated carbocycles. The van der Waals surface area contributed by atoms with Gasteiger partial charge in [-0.15, -0.1) is 0 Å². The van der Waals surface area contributed by atoms with Crippen molar-refractivity contribution in [1.82, 2.24) is 15.2 Å². The van der Waals surface area contributed by atoms with Crippen LogP contribution in [0.15, 0.2) is 48.7 Å². The third-order valence-corrected chi connectivity index (χ3v) is 6.08. The standard InChI is InChI=1S/C25H29N3O4/c1-31-22-10-9-17(12-23(22)32-2)14-27-25(30)18-6-5-11-28(16-18)24(29)13-19-15-26-21-8-4-3-7-20(19)21/h3-4,7-10,12,15,18,26H,5-6,11,13-14,16H2,1-2H3,(H,27,30). The molecule has 1 saturated heterocycles. The summed E-state index contributed by atoms with van der Waals surface area (Å²) in [6.45, 7) is 1.55. The summed E-state index contributed by atoms with van der Waals surface area (Å²) in [5.74, 6) is 1.12. The molecule has 1 aliphatic rings. The molecule has 1 unspecified atom stereocenters. The molecular formula is C25H29N3O4. The number of carbonyl (C=O) groups is 2. The van der Waals surface area contributed by atoms with Gasteiger partial charge < -0.3 is 24.7 Å². The fourth-order valence-electron chi connectivity index (χ4n) is 4.29. The molecule has 2 heterocycles. The summed E-state index contributed by atoms with van der Waals surface area (Å²) in [5, 5.41) is 4.08. The second kappa shape index (κ2) is 9.77. The highest BCUT2D eigenvalue weighted by Gasteiger charge is 2.28. The van der Waals surface area contributed by atoms with Crippen LogP contribution in [0.1, 0.15) is 24.0 Å². The summed E-state index contributed by atoms with van der Waals surface area (Å²) >= 11 is 0. The first-order valence-corrected chi connectivity index (χ1v) is 10.9. The summed E-state index contributed by atoms with van der Waals surface area (Å²) in [4.78, 5) is 30.8. The molecule has 2 N–H and O–H groups in total. The fourth-order valence-corrected chi connectivity index (χ4v) is 4.29. The van der Waals surface area contributed by atoms with Crippen molar-refractivity contribution in [3.8, 4) is 11.5 Å². The van der Waals surface area contributed by atoms with E-state index in [2.05, 4.69) is 10.3 Å². The number of para-hydroxylation sites is 1. The lowest BCUT2D eigenvalue weighted by molar-refractivity contribution is -0.135.